The quantitative estimate of drug-likeness (QED) is 0.848. The van der Waals surface area contributed by atoms with Gasteiger partial charge in [-0.1, -0.05) is 0 Å². The van der Waals surface area contributed by atoms with E-state index in [1.54, 1.807) is 12.4 Å². The highest BCUT2D eigenvalue weighted by Crippen LogP contribution is 2.19. The van der Waals surface area contributed by atoms with E-state index in [-0.39, 0.29) is 4.47 Å². The third-order valence-electron chi connectivity index (χ3n) is 2.55. The maximum absolute atomic E-state index is 12.3. The predicted octanol–water partition coefficient (Wildman–Crippen LogP) is 1.95. The summed E-state index contributed by atoms with van der Waals surface area (Å²) in [5.41, 5.74) is -0.500. The summed E-state index contributed by atoms with van der Waals surface area (Å²) in [5.74, 6) is 0.761. The van der Waals surface area contributed by atoms with E-state index >= 15 is 0 Å². The molecule has 0 unspecified atom stereocenters. The van der Waals surface area contributed by atoms with E-state index in [1.807, 2.05) is 0 Å². The number of hydrogen-bond acceptors (Lipinski definition) is 4. The zero-order chi connectivity index (χ0) is 15.5. The fourth-order valence-corrected chi connectivity index (χ4v) is 2.07. The van der Waals surface area contributed by atoms with Gasteiger partial charge in [-0.3, -0.25) is 4.79 Å². The summed E-state index contributed by atoms with van der Waals surface area (Å²) in [7, 11) is 0. The van der Waals surface area contributed by atoms with E-state index in [9.17, 15) is 18.0 Å². The molecule has 2 aromatic rings. The summed E-state index contributed by atoms with van der Waals surface area (Å²) in [4.78, 5) is 18.7. The molecule has 0 bridgehead atoms. The number of imidazole rings is 1. The van der Waals surface area contributed by atoms with Crippen molar-refractivity contribution in [1.29, 1.82) is 0 Å². The molecular weight excluding hydrogens is 355 g/mol. The van der Waals surface area contributed by atoms with Crippen LogP contribution in [-0.2, 0) is 13.0 Å². The number of alkyl halides is 3. The molecule has 0 radical (unpaired) electrons. The smallest absolute Gasteiger partial charge is 0.382 e. The van der Waals surface area contributed by atoms with Gasteiger partial charge >= 0.3 is 6.18 Å². The first kappa shape index (κ1) is 15.5. The van der Waals surface area contributed by atoms with Gasteiger partial charge in [-0.15, -0.1) is 0 Å². The Kier molecular flexibility index (Phi) is 4.66. The van der Waals surface area contributed by atoms with Gasteiger partial charge in [0.15, 0.2) is 0 Å². The van der Waals surface area contributed by atoms with Crippen LogP contribution in [0.15, 0.2) is 27.9 Å². The van der Waals surface area contributed by atoms with Crippen LogP contribution < -0.4 is 10.9 Å². The molecule has 2 N–H and O–H groups in total. The number of H-pyrrole nitrogens is 1. The normalized spacial score (nSPS) is 11.6. The summed E-state index contributed by atoms with van der Waals surface area (Å²) >= 11 is 2.99. The molecule has 2 heterocycles. The number of aromatic amines is 1. The lowest BCUT2D eigenvalue weighted by Gasteiger charge is -2.11. The minimum atomic E-state index is -4.50. The Morgan fingerprint density at radius 1 is 1.43 bits per heavy atom. The average Bonchev–Trinajstić information content (AvgIpc) is 2.89. The first-order chi connectivity index (χ1) is 9.87. The van der Waals surface area contributed by atoms with Gasteiger partial charge in [0.25, 0.3) is 5.56 Å². The van der Waals surface area contributed by atoms with Crippen molar-refractivity contribution < 1.29 is 13.2 Å². The Bertz CT molecular complexity index is 653. The third-order valence-corrected chi connectivity index (χ3v) is 3.31. The lowest BCUT2D eigenvalue weighted by atomic mass is 10.4. The molecule has 10 heteroatoms. The SMILES string of the molecule is O=c1c(Br)c(NCCc2ncc[nH]2)cnn1CC(F)(F)F. The summed E-state index contributed by atoms with van der Waals surface area (Å²) in [6, 6.07) is 0. The molecule has 114 valence electrons. The van der Waals surface area contributed by atoms with Gasteiger partial charge in [0, 0.05) is 25.4 Å². The molecule has 0 aromatic carbocycles. The van der Waals surface area contributed by atoms with E-state index in [1.165, 1.54) is 6.20 Å². The maximum Gasteiger partial charge on any atom is 0.408 e. The fraction of sp³-hybridized carbons (Fsp3) is 0.364. The molecular formula is C11H11BrF3N5O. The van der Waals surface area contributed by atoms with E-state index in [4.69, 9.17) is 0 Å². The second-order valence-electron chi connectivity index (χ2n) is 4.16. The summed E-state index contributed by atoms with van der Waals surface area (Å²) in [6.07, 6.45) is 0.561. The van der Waals surface area contributed by atoms with Crippen molar-refractivity contribution in [3.8, 4) is 0 Å². The monoisotopic (exact) mass is 365 g/mol. The molecule has 0 aliphatic rings. The van der Waals surface area contributed by atoms with Crippen LogP contribution in [0.5, 0.6) is 0 Å². The van der Waals surface area contributed by atoms with Crippen molar-refractivity contribution in [2.24, 2.45) is 0 Å². The highest BCUT2D eigenvalue weighted by molar-refractivity contribution is 9.10. The van der Waals surface area contributed by atoms with E-state index in [2.05, 4.69) is 36.3 Å². The lowest BCUT2D eigenvalue weighted by molar-refractivity contribution is -0.143. The number of anilines is 1. The van der Waals surface area contributed by atoms with Crippen LogP contribution in [-0.4, -0.2) is 32.5 Å². The van der Waals surface area contributed by atoms with Crippen molar-refractivity contribution in [3.05, 3.63) is 39.2 Å². The van der Waals surface area contributed by atoms with Crippen LogP contribution in [0.4, 0.5) is 18.9 Å². The highest BCUT2D eigenvalue weighted by atomic mass is 79.9. The van der Waals surface area contributed by atoms with Gasteiger partial charge in [-0.25, -0.2) is 9.67 Å². The van der Waals surface area contributed by atoms with E-state index in [0.29, 0.717) is 23.3 Å². The minimum Gasteiger partial charge on any atom is -0.382 e. The van der Waals surface area contributed by atoms with Crippen LogP contribution >= 0.6 is 15.9 Å². The summed E-state index contributed by atoms with van der Waals surface area (Å²) in [5, 5.41) is 6.43. The Hall–Kier alpha value is -1.84. The number of aromatic nitrogens is 4. The van der Waals surface area contributed by atoms with Crippen molar-refractivity contribution >= 4 is 21.6 Å². The van der Waals surface area contributed by atoms with Gasteiger partial charge in [-0.2, -0.15) is 18.3 Å². The van der Waals surface area contributed by atoms with Crippen LogP contribution in [0.1, 0.15) is 5.82 Å². The van der Waals surface area contributed by atoms with Crippen LogP contribution in [0.3, 0.4) is 0 Å². The van der Waals surface area contributed by atoms with Gasteiger partial charge in [-0.05, 0) is 15.9 Å². The second kappa shape index (κ2) is 6.29. The molecule has 0 saturated heterocycles. The number of halogens is 4. The molecule has 0 aliphatic heterocycles. The first-order valence-corrected chi connectivity index (χ1v) is 6.70. The van der Waals surface area contributed by atoms with Crippen molar-refractivity contribution in [1.82, 2.24) is 19.7 Å². The summed E-state index contributed by atoms with van der Waals surface area (Å²) < 4.78 is 37.2. The largest absolute Gasteiger partial charge is 0.408 e. The third kappa shape index (κ3) is 4.31. The lowest BCUT2D eigenvalue weighted by Crippen LogP contribution is -2.31. The summed E-state index contributed by atoms with van der Waals surface area (Å²) in [6.45, 7) is -0.965. The van der Waals surface area contributed by atoms with Crippen LogP contribution in [0.2, 0.25) is 0 Å². The molecule has 0 aliphatic carbocycles. The zero-order valence-electron chi connectivity index (χ0n) is 10.6. The Morgan fingerprint density at radius 2 is 2.19 bits per heavy atom. The molecule has 2 aromatic heterocycles. The van der Waals surface area contributed by atoms with Crippen LogP contribution in [0.25, 0.3) is 0 Å². The predicted molar refractivity (Wildman–Crippen MR) is 73.0 cm³/mol. The van der Waals surface area contributed by atoms with Gasteiger partial charge < -0.3 is 10.3 Å². The number of rotatable bonds is 5. The van der Waals surface area contributed by atoms with E-state index in [0.717, 1.165) is 5.82 Å². The fourth-order valence-electron chi connectivity index (χ4n) is 1.62. The maximum atomic E-state index is 12.3. The van der Waals surface area contributed by atoms with Gasteiger partial charge in [0.1, 0.15) is 16.8 Å². The zero-order valence-corrected chi connectivity index (χ0v) is 12.2. The minimum absolute atomic E-state index is 0.0150. The molecule has 0 atom stereocenters. The standard InChI is InChI=1S/C11H11BrF3N5O/c12-9-7(16-2-1-8-17-3-4-18-8)5-19-20(10(9)21)6-11(13,14)15/h3-5,16H,1-2,6H2,(H,17,18). The second-order valence-corrected chi connectivity index (χ2v) is 4.96. The Morgan fingerprint density at radius 3 is 2.81 bits per heavy atom. The molecule has 0 saturated carbocycles. The Labute approximate surface area is 125 Å². The molecule has 0 fully saturated rings. The van der Waals surface area contributed by atoms with E-state index < -0.39 is 18.3 Å². The molecule has 0 amide bonds. The molecule has 2 rings (SSSR count). The number of nitrogens with one attached hydrogen (secondary N) is 2. The average molecular weight is 366 g/mol. The first-order valence-electron chi connectivity index (χ1n) is 5.91. The highest BCUT2D eigenvalue weighted by Gasteiger charge is 2.29. The molecule has 21 heavy (non-hydrogen) atoms. The molecule has 6 nitrogen and oxygen atoms in total. The van der Waals surface area contributed by atoms with Gasteiger partial charge in [0.2, 0.25) is 0 Å². The van der Waals surface area contributed by atoms with Crippen LogP contribution in [0, 0.1) is 0 Å². The van der Waals surface area contributed by atoms with Crippen molar-refractivity contribution in [3.63, 3.8) is 0 Å². The molecule has 0 spiro atoms. The number of hydrogen-bond donors (Lipinski definition) is 2. The number of nitrogens with zero attached hydrogens (tertiary/aromatic N) is 3. The van der Waals surface area contributed by atoms with Crippen molar-refractivity contribution in [2.75, 3.05) is 11.9 Å². The van der Waals surface area contributed by atoms with Crippen molar-refractivity contribution in [2.45, 2.75) is 19.1 Å². The van der Waals surface area contributed by atoms with Gasteiger partial charge in [0.05, 0.1) is 11.9 Å². The Balaban J connectivity index is 2.04. The topological polar surface area (TPSA) is 75.6 Å².